The Hall–Kier alpha value is -3.61. The highest BCUT2D eigenvalue weighted by molar-refractivity contribution is 14.1. The van der Waals surface area contributed by atoms with Gasteiger partial charge in [-0.3, -0.25) is 4.79 Å². The van der Waals surface area contributed by atoms with Crippen LogP contribution in [0, 0.1) is 10.5 Å². The van der Waals surface area contributed by atoms with Gasteiger partial charge in [-0.25, -0.2) is 14.5 Å². The number of hydrogen-bond acceptors (Lipinski definition) is 7. The minimum Gasteiger partial charge on any atom is -0.411 e. The standard InChI is InChI=1S/C22H17IN8O2/c1-12-4-3-8-31-16(12)10-15(29-31)19-18-14(25-11-26-18)6-9-30(19)22(32)21-28-27-20(33-21)17-13(23)5-2-7-24-17/h2-5,7-8,10-11,19H,6,9H2,1H3,(H,25,26)/t19-/m1/s1. The van der Waals surface area contributed by atoms with Crippen molar-refractivity contribution in [1.82, 2.24) is 39.7 Å². The molecule has 5 aromatic heterocycles. The molecule has 5 aromatic rings. The van der Waals surface area contributed by atoms with Crippen LogP contribution in [0.5, 0.6) is 0 Å². The first-order chi connectivity index (χ1) is 16.1. The predicted octanol–water partition coefficient (Wildman–Crippen LogP) is 3.20. The Labute approximate surface area is 201 Å². The van der Waals surface area contributed by atoms with Crippen LogP contribution in [0.4, 0.5) is 0 Å². The van der Waals surface area contributed by atoms with E-state index in [2.05, 4.69) is 47.7 Å². The summed E-state index contributed by atoms with van der Waals surface area (Å²) in [5.74, 6) is -0.247. The number of aromatic nitrogens is 7. The normalized spacial score (nSPS) is 15.7. The fourth-order valence-corrected chi connectivity index (χ4v) is 4.75. The lowest BCUT2D eigenvalue weighted by atomic mass is 9.99. The second kappa shape index (κ2) is 7.76. The molecule has 0 saturated heterocycles. The Morgan fingerprint density at radius 3 is 3.00 bits per heavy atom. The van der Waals surface area contributed by atoms with Gasteiger partial charge in [-0.05, 0) is 59.3 Å². The highest BCUT2D eigenvalue weighted by Crippen LogP contribution is 2.34. The second-order valence-electron chi connectivity index (χ2n) is 7.75. The smallest absolute Gasteiger partial charge is 0.312 e. The number of H-pyrrole nitrogens is 1. The number of nitrogens with one attached hydrogen (secondary N) is 1. The Morgan fingerprint density at radius 2 is 2.15 bits per heavy atom. The molecule has 1 atom stereocenters. The Bertz CT molecular complexity index is 1500. The maximum atomic E-state index is 13.6. The topological polar surface area (TPSA) is 118 Å². The molecule has 0 fully saturated rings. The van der Waals surface area contributed by atoms with E-state index in [1.54, 1.807) is 17.4 Å². The van der Waals surface area contributed by atoms with Gasteiger partial charge in [0.1, 0.15) is 11.7 Å². The molecule has 1 aliphatic heterocycles. The summed E-state index contributed by atoms with van der Waals surface area (Å²) in [6, 6.07) is 9.21. The average molecular weight is 552 g/mol. The molecule has 0 aromatic carbocycles. The molecule has 0 spiro atoms. The van der Waals surface area contributed by atoms with Crippen LogP contribution in [0.15, 0.2) is 53.5 Å². The molecule has 33 heavy (non-hydrogen) atoms. The Kier molecular flexibility index (Phi) is 4.71. The van der Waals surface area contributed by atoms with Crippen LogP contribution < -0.4 is 0 Å². The van der Waals surface area contributed by atoms with E-state index in [1.807, 2.05) is 48.0 Å². The van der Waals surface area contributed by atoms with Crippen molar-refractivity contribution in [1.29, 1.82) is 0 Å². The Morgan fingerprint density at radius 1 is 1.24 bits per heavy atom. The molecule has 6 heterocycles. The summed E-state index contributed by atoms with van der Waals surface area (Å²) in [6.45, 7) is 2.49. The minimum atomic E-state index is -0.475. The zero-order valence-electron chi connectivity index (χ0n) is 17.4. The largest absolute Gasteiger partial charge is 0.411 e. The molecule has 6 rings (SSSR count). The summed E-state index contributed by atoms with van der Waals surface area (Å²) in [5, 5.41) is 12.9. The highest BCUT2D eigenvalue weighted by atomic mass is 127. The molecule has 1 amide bonds. The van der Waals surface area contributed by atoms with Gasteiger partial charge < -0.3 is 14.3 Å². The number of carbonyl (C=O) groups is 1. The van der Waals surface area contributed by atoms with Crippen molar-refractivity contribution < 1.29 is 9.21 Å². The average Bonchev–Trinajstić information content (AvgIpc) is 3.57. The number of aromatic amines is 1. The maximum Gasteiger partial charge on any atom is 0.312 e. The van der Waals surface area contributed by atoms with E-state index in [0.717, 1.165) is 31.7 Å². The number of pyridine rings is 2. The van der Waals surface area contributed by atoms with Gasteiger partial charge in [0.2, 0.25) is 0 Å². The maximum absolute atomic E-state index is 13.6. The first-order valence-corrected chi connectivity index (χ1v) is 11.4. The van der Waals surface area contributed by atoms with Gasteiger partial charge in [-0.1, -0.05) is 6.07 Å². The quantitative estimate of drug-likeness (QED) is 0.342. The summed E-state index contributed by atoms with van der Waals surface area (Å²) in [5.41, 5.74) is 5.11. The van der Waals surface area contributed by atoms with Crippen molar-refractivity contribution in [3.05, 3.63) is 81.2 Å². The van der Waals surface area contributed by atoms with Crippen LogP contribution in [0.25, 0.3) is 17.1 Å². The number of rotatable bonds is 3. The molecule has 0 bridgehead atoms. The van der Waals surface area contributed by atoms with Crippen molar-refractivity contribution >= 4 is 34.0 Å². The number of imidazole rings is 1. The second-order valence-corrected chi connectivity index (χ2v) is 8.92. The molecule has 0 aliphatic carbocycles. The number of aryl methyl sites for hydroxylation is 1. The van der Waals surface area contributed by atoms with Crippen LogP contribution in [-0.2, 0) is 6.42 Å². The lowest BCUT2D eigenvalue weighted by molar-refractivity contribution is 0.0646. The van der Waals surface area contributed by atoms with Crippen molar-refractivity contribution in [2.75, 3.05) is 6.54 Å². The van der Waals surface area contributed by atoms with E-state index < -0.39 is 6.04 Å². The van der Waals surface area contributed by atoms with Crippen LogP contribution in [0.1, 0.15) is 39.4 Å². The fraction of sp³-hybridized carbons (Fsp3) is 0.182. The molecule has 11 heteroatoms. The minimum absolute atomic E-state index is 0.0876. The summed E-state index contributed by atoms with van der Waals surface area (Å²) >= 11 is 2.15. The molecule has 0 radical (unpaired) electrons. The molecule has 1 aliphatic rings. The summed E-state index contributed by atoms with van der Waals surface area (Å²) in [4.78, 5) is 27.3. The third kappa shape index (κ3) is 3.30. The van der Waals surface area contributed by atoms with Crippen LogP contribution in [0.3, 0.4) is 0 Å². The van der Waals surface area contributed by atoms with Crippen molar-refractivity contribution in [3.8, 4) is 11.6 Å². The summed E-state index contributed by atoms with van der Waals surface area (Å²) < 4.78 is 8.44. The van der Waals surface area contributed by atoms with E-state index in [4.69, 9.17) is 9.52 Å². The zero-order chi connectivity index (χ0) is 22.5. The lowest BCUT2D eigenvalue weighted by Gasteiger charge is -2.32. The van der Waals surface area contributed by atoms with Crippen molar-refractivity contribution in [3.63, 3.8) is 0 Å². The van der Waals surface area contributed by atoms with Gasteiger partial charge in [-0.15, -0.1) is 10.2 Å². The number of amides is 1. The molecule has 0 unspecified atom stereocenters. The predicted molar refractivity (Wildman–Crippen MR) is 125 cm³/mol. The van der Waals surface area contributed by atoms with Gasteiger partial charge in [0.25, 0.3) is 5.89 Å². The van der Waals surface area contributed by atoms with Crippen LogP contribution in [0.2, 0.25) is 0 Å². The lowest BCUT2D eigenvalue weighted by Crippen LogP contribution is -2.41. The van der Waals surface area contributed by atoms with Gasteiger partial charge in [0.15, 0.2) is 0 Å². The number of carbonyl (C=O) groups excluding carboxylic acids is 1. The van der Waals surface area contributed by atoms with Gasteiger partial charge in [0.05, 0.1) is 23.2 Å². The number of fused-ring (bicyclic) bond motifs is 2. The number of nitrogens with zero attached hydrogens (tertiary/aromatic N) is 7. The van der Waals surface area contributed by atoms with Crippen LogP contribution >= 0.6 is 22.6 Å². The molecule has 0 saturated carbocycles. The van der Waals surface area contributed by atoms with Gasteiger partial charge >= 0.3 is 11.8 Å². The molecule has 1 N–H and O–H groups in total. The third-order valence-corrected chi connectivity index (χ3v) is 6.64. The van der Waals surface area contributed by atoms with Crippen molar-refractivity contribution in [2.45, 2.75) is 19.4 Å². The van der Waals surface area contributed by atoms with E-state index in [0.29, 0.717) is 18.7 Å². The fourth-order valence-electron chi connectivity index (χ4n) is 4.18. The number of hydrogen-bond donors (Lipinski definition) is 1. The molecular formula is C22H17IN8O2. The summed E-state index contributed by atoms with van der Waals surface area (Å²) in [6.07, 6.45) is 5.84. The monoisotopic (exact) mass is 552 g/mol. The van der Waals surface area contributed by atoms with E-state index in [1.165, 1.54) is 0 Å². The SMILES string of the molecule is Cc1cccn2nc([C@@H]3c4nc[nH]c4CCN3C(=O)c3nnc(-c4ncccc4I)o3)cc12. The van der Waals surface area contributed by atoms with Gasteiger partial charge in [0, 0.05) is 34.6 Å². The van der Waals surface area contributed by atoms with E-state index in [9.17, 15) is 4.79 Å². The molecule has 164 valence electrons. The molecule has 10 nitrogen and oxygen atoms in total. The van der Waals surface area contributed by atoms with Crippen molar-refractivity contribution in [2.24, 2.45) is 0 Å². The van der Waals surface area contributed by atoms with Crippen LogP contribution in [-0.4, -0.2) is 52.1 Å². The summed E-state index contributed by atoms with van der Waals surface area (Å²) in [7, 11) is 0. The first-order valence-electron chi connectivity index (χ1n) is 10.3. The first kappa shape index (κ1) is 20.0. The number of halogens is 1. The Balaban J connectivity index is 1.41. The van der Waals surface area contributed by atoms with E-state index >= 15 is 0 Å². The molecular weight excluding hydrogens is 535 g/mol. The van der Waals surface area contributed by atoms with E-state index in [-0.39, 0.29) is 17.7 Å². The highest BCUT2D eigenvalue weighted by Gasteiger charge is 2.38. The van der Waals surface area contributed by atoms with Gasteiger partial charge in [-0.2, -0.15) is 5.10 Å². The zero-order valence-corrected chi connectivity index (χ0v) is 19.6. The third-order valence-electron chi connectivity index (χ3n) is 5.77.